The van der Waals surface area contributed by atoms with Crippen molar-refractivity contribution in [2.24, 2.45) is 11.8 Å². The Kier molecular flexibility index (Phi) is 12.6. The molecule has 43 heavy (non-hydrogen) atoms. The highest BCUT2D eigenvalue weighted by molar-refractivity contribution is 5.88. The molecule has 4 atom stereocenters. The lowest BCUT2D eigenvalue weighted by molar-refractivity contribution is -0.147. The maximum atomic E-state index is 13.7. The number of rotatable bonds is 15. The molecule has 9 nitrogen and oxygen atoms in total. The first-order chi connectivity index (χ1) is 20.7. The number of aliphatic hydroxyl groups excluding tert-OH is 1. The number of carbonyl (C=O) groups is 3. The van der Waals surface area contributed by atoms with Crippen LogP contribution in [0.2, 0.25) is 0 Å². The zero-order chi connectivity index (χ0) is 31.4. The molecule has 0 heterocycles. The largest absolute Gasteiger partial charge is 0.497 e. The Hall–Kier alpha value is -4.37. The number of carbonyl (C=O) groups excluding carboxylic acids is 3. The van der Waals surface area contributed by atoms with Gasteiger partial charge in [-0.2, -0.15) is 0 Å². The third-order valence-electron chi connectivity index (χ3n) is 7.23. The Morgan fingerprint density at radius 1 is 0.814 bits per heavy atom. The molecule has 0 radical (unpaired) electrons. The van der Waals surface area contributed by atoms with E-state index in [4.69, 9.17) is 14.2 Å². The summed E-state index contributed by atoms with van der Waals surface area (Å²) < 4.78 is 15.5. The van der Waals surface area contributed by atoms with E-state index in [9.17, 15) is 19.5 Å². The minimum atomic E-state index is -1.63. The van der Waals surface area contributed by atoms with E-state index < -0.39 is 42.0 Å². The predicted molar refractivity (Wildman–Crippen MR) is 165 cm³/mol. The zero-order valence-electron chi connectivity index (χ0n) is 25.4. The zero-order valence-corrected chi connectivity index (χ0v) is 25.4. The lowest BCUT2D eigenvalue weighted by atomic mass is 9.93. The fraction of sp³-hybridized carbons (Fsp3) is 0.382. The summed E-state index contributed by atoms with van der Waals surface area (Å²) in [5, 5.41) is 14.5. The van der Waals surface area contributed by atoms with Gasteiger partial charge >= 0.3 is 11.9 Å². The van der Waals surface area contributed by atoms with Gasteiger partial charge in [0.05, 0.1) is 33.3 Å². The highest BCUT2D eigenvalue weighted by Crippen LogP contribution is 2.33. The summed E-state index contributed by atoms with van der Waals surface area (Å²) in [7, 11) is 4.17. The normalized spacial score (nSPS) is 13.7. The summed E-state index contributed by atoms with van der Waals surface area (Å²) in [5.74, 6) is -1.68. The molecule has 1 amide bonds. The van der Waals surface area contributed by atoms with Gasteiger partial charge in [0.1, 0.15) is 11.8 Å². The number of nitrogens with zero attached hydrogens (tertiary/aromatic N) is 1. The number of amides is 1. The summed E-state index contributed by atoms with van der Waals surface area (Å²) in [4.78, 5) is 41.1. The van der Waals surface area contributed by atoms with Gasteiger partial charge in [0, 0.05) is 12.2 Å². The van der Waals surface area contributed by atoms with Crippen LogP contribution in [-0.4, -0.2) is 63.0 Å². The van der Waals surface area contributed by atoms with Crippen LogP contribution >= 0.6 is 0 Å². The van der Waals surface area contributed by atoms with Crippen molar-refractivity contribution in [2.75, 3.05) is 32.8 Å². The summed E-state index contributed by atoms with van der Waals surface area (Å²) in [5.41, 5.74) is 2.23. The molecule has 1 unspecified atom stereocenters. The van der Waals surface area contributed by atoms with Gasteiger partial charge in [0.15, 0.2) is 6.10 Å². The van der Waals surface area contributed by atoms with Crippen molar-refractivity contribution in [3.63, 3.8) is 0 Å². The smallest absolute Gasteiger partial charge is 0.328 e. The topological polar surface area (TPSA) is 114 Å². The Morgan fingerprint density at radius 2 is 1.40 bits per heavy atom. The number of benzene rings is 3. The second kappa shape index (κ2) is 16.3. The number of hydrogen-bond donors (Lipinski definition) is 2. The summed E-state index contributed by atoms with van der Waals surface area (Å²) in [6.45, 7) is 3.97. The third kappa shape index (κ3) is 9.31. The van der Waals surface area contributed by atoms with Crippen LogP contribution in [0.3, 0.4) is 0 Å². The van der Waals surface area contributed by atoms with E-state index >= 15 is 0 Å². The molecular weight excluding hydrogens is 548 g/mol. The van der Waals surface area contributed by atoms with Crippen molar-refractivity contribution in [1.29, 1.82) is 0 Å². The van der Waals surface area contributed by atoms with Gasteiger partial charge in [0.2, 0.25) is 0 Å². The lowest BCUT2D eigenvalue weighted by Gasteiger charge is -2.38. The molecule has 0 spiro atoms. The first-order valence-electron chi connectivity index (χ1n) is 14.3. The molecule has 0 aromatic heterocycles. The van der Waals surface area contributed by atoms with E-state index in [0.717, 1.165) is 5.56 Å². The average Bonchev–Trinajstić information content (AvgIpc) is 3.03. The standard InChI is InChI=1S/C34H42N2O7/c1-23(2)20-29(34(40)43-5)35-32(38)31(37)30(25-14-10-7-11-15-25)36(27-16-18-28(41-3)19-17-27)22-26(33(39)42-4)21-24-12-8-6-9-13-24/h6-19,23,26,29-31,37H,20-22H2,1-5H3,(H,35,38)/t26?,29-,30-,31-/m0/s1. The van der Waals surface area contributed by atoms with Crippen LogP contribution in [-0.2, 0) is 30.3 Å². The van der Waals surface area contributed by atoms with Crippen LogP contribution in [0.1, 0.15) is 37.4 Å². The van der Waals surface area contributed by atoms with Crippen molar-refractivity contribution >= 4 is 23.5 Å². The van der Waals surface area contributed by atoms with Gasteiger partial charge in [-0.3, -0.25) is 9.59 Å². The Balaban J connectivity index is 2.09. The predicted octanol–water partition coefficient (Wildman–Crippen LogP) is 4.34. The number of nitrogens with one attached hydrogen (secondary N) is 1. The molecule has 0 saturated heterocycles. The molecule has 0 aliphatic rings. The van der Waals surface area contributed by atoms with E-state index in [1.165, 1.54) is 14.2 Å². The molecule has 9 heteroatoms. The molecule has 0 fully saturated rings. The molecule has 3 rings (SSSR count). The highest BCUT2D eigenvalue weighted by Gasteiger charge is 2.37. The van der Waals surface area contributed by atoms with Crippen molar-refractivity contribution in [3.05, 3.63) is 96.1 Å². The monoisotopic (exact) mass is 590 g/mol. The Labute approximate surface area is 253 Å². The summed E-state index contributed by atoms with van der Waals surface area (Å²) in [6.07, 6.45) is -0.910. The van der Waals surface area contributed by atoms with E-state index in [1.54, 1.807) is 19.2 Å². The van der Waals surface area contributed by atoms with Crippen LogP contribution in [0.5, 0.6) is 5.75 Å². The molecule has 0 aliphatic heterocycles. The van der Waals surface area contributed by atoms with Gasteiger partial charge in [-0.25, -0.2) is 4.79 Å². The minimum absolute atomic E-state index is 0.0843. The third-order valence-corrected chi connectivity index (χ3v) is 7.23. The van der Waals surface area contributed by atoms with Crippen LogP contribution in [0.25, 0.3) is 0 Å². The first kappa shape index (κ1) is 33.1. The number of anilines is 1. The van der Waals surface area contributed by atoms with E-state index in [1.807, 2.05) is 91.5 Å². The summed E-state index contributed by atoms with van der Waals surface area (Å²) in [6, 6.07) is 24.0. The van der Waals surface area contributed by atoms with Crippen molar-refractivity contribution in [2.45, 2.75) is 44.9 Å². The molecule has 2 N–H and O–H groups in total. The Morgan fingerprint density at radius 3 is 1.93 bits per heavy atom. The molecule has 3 aromatic carbocycles. The number of hydrogen-bond acceptors (Lipinski definition) is 8. The van der Waals surface area contributed by atoms with Crippen molar-refractivity contribution in [3.8, 4) is 5.75 Å². The molecule has 3 aromatic rings. The number of aliphatic hydroxyl groups is 1. The Bertz CT molecular complexity index is 1300. The average molecular weight is 591 g/mol. The van der Waals surface area contributed by atoms with Crippen LogP contribution in [0.4, 0.5) is 5.69 Å². The number of esters is 2. The second-order valence-corrected chi connectivity index (χ2v) is 10.8. The van der Waals surface area contributed by atoms with Crippen LogP contribution < -0.4 is 15.0 Å². The van der Waals surface area contributed by atoms with Crippen LogP contribution in [0.15, 0.2) is 84.9 Å². The van der Waals surface area contributed by atoms with Gasteiger partial charge in [0.25, 0.3) is 5.91 Å². The first-order valence-corrected chi connectivity index (χ1v) is 14.3. The van der Waals surface area contributed by atoms with E-state index in [0.29, 0.717) is 29.8 Å². The van der Waals surface area contributed by atoms with Gasteiger partial charge in [-0.05, 0) is 54.2 Å². The second-order valence-electron chi connectivity index (χ2n) is 10.8. The maximum absolute atomic E-state index is 13.7. The van der Waals surface area contributed by atoms with Gasteiger partial charge in [-0.15, -0.1) is 0 Å². The molecule has 0 saturated carbocycles. The molecule has 230 valence electrons. The fourth-order valence-electron chi connectivity index (χ4n) is 5.09. The SMILES string of the molecule is COC(=O)C(Cc1ccccc1)CN(c1ccc(OC)cc1)[C@@H](c1ccccc1)[C@H](O)C(=O)N[C@@H](CC(C)C)C(=O)OC. The summed E-state index contributed by atoms with van der Waals surface area (Å²) >= 11 is 0. The maximum Gasteiger partial charge on any atom is 0.328 e. The molecule has 0 bridgehead atoms. The lowest BCUT2D eigenvalue weighted by Crippen LogP contribution is -2.52. The van der Waals surface area contributed by atoms with Gasteiger partial charge in [-0.1, -0.05) is 74.5 Å². The van der Waals surface area contributed by atoms with Crippen molar-refractivity contribution in [1.82, 2.24) is 5.32 Å². The molecular formula is C34H42N2O7. The quantitative estimate of drug-likeness (QED) is 0.251. The number of ether oxygens (including phenoxy) is 3. The highest BCUT2D eigenvalue weighted by atomic mass is 16.5. The van der Waals surface area contributed by atoms with Gasteiger partial charge < -0.3 is 29.5 Å². The van der Waals surface area contributed by atoms with E-state index in [-0.39, 0.29) is 12.5 Å². The number of methoxy groups -OCH3 is 3. The molecule has 0 aliphatic carbocycles. The fourth-order valence-corrected chi connectivity index (χ4v) is 5.09. The minimum Gasteiger partial charge on any atom is -0.497 e. The van der Waals surface area contributed by atoms with Crippen LogP contribution in [0, 0.1) is 11.8 Å². The van der Waals surface area contributed by atoms with Crippen molar-refractivity contribution < 1.29 is 33.7 Å². The van der Waals surface area contributed by atoms with E-state index in [2.05, 4.69) is 5.32 Å².